The normalized spacial score (nSPS) is 14.3. The molecule has 54 heavy (non-hydrogen) atoms. The van der Waals surface area contributed by atoms with E-state index in [9.17, 15) is 0 Å². The lowest BCUT2D eigenvalue weighted by atomic mass is 9.79. The largest absolute Gasteiger partial charge is 0.268 e. The molecule has 0 fully saturated rings. The van der Waals surface area contributed by atoms with Crippen LogP contribution in [0.2, 0.25) is 0 Å². The fraction of sp³-hybridized carbons (Fsp3) is 0.261. The summed E-state index contributed by atoms with van der Waals surface area (Å²) in [7, 11) is 0. The predicted molar refractivity (Wildman–Crippen MR) is 222 cm³/mol. The van der Waals surface area contributed by atoms with Crippen LogP contribution in [0.1, 0.15) is 143 Å². The van der Waals surface area contributed by atoms with Crippen molar-refractivity contribution in [1.29, 1.82) is 0 Å². The van der Waals surface area contributed by atoms with E-state index in [1.54, 1.807) is 12.1 Å². The van der Waals surface area contributed by atoms with Crippen LogP contribution in [0.5, 0.6) is 0 Å². The maximum absolute atomic E-state index is 15.3. The number of rotatable bonds is 8. The summed E-state index contributed by atoms with van der Waals surface area (Å²) in [6.45, 7) is 16.5. The SMILES string of the molecule is CC(C)c1cccc(C(C)C)c1N1C(=O)c2cc(-c3cccs3)c3c4c(cc(-c5cccs5)c(c24)C1=O)C(=O)N(c1c(C(C)C)cccc1C(C)C)C3=O. The molecule has 0 atom stereocenters. The Morgan fingerprint density at radius 3 is 1.04 bits per heavy atom. The number of hydrogen-bond donors (Lipinski definition) is 0. The highest BCUT2D eigenvalue weighted by molar-refractivity contribution is 7.14. The van der Waals surface area contributed by atoms with Gasteiger partial charge in [0.15, 0.2) is 0 Å². The standard InChI is InChI=1S/C46H42N2O4S2/c1-23(2)27-13-9-14-28(24(3)4)41(27)47-43(49)33-21-32(36-18-12-20-54-36)40-38-34(22-31(35-17-11-19-53-35)39(37(33)38)45(47)51)44(50)48(46(40)52)42-29(25(5)6)15-10-16-30(42)26(7)8/h9-26H,1-8H3. The minimum atomic E-state index is -0.462. The van der Waals surface area contributed by atoms with E-state index < -0.39 is 23.6 Å². The van der Waals surface area contributed by atoms with Crippen molar-refractivity contribution in [2.75, 3.05) is 9.80 Å². The number of carbonyl (C=O) groups is 4. The van der Waals surface area contributed by atoms with E-state index in [4.69, 9.17) is 0 Å². The summed E-state index contributed by atoms with van der Waals surface area (Å²) in [6.07, 6.45) is 0. The van der Waals surface area contributed by atoms with Crippen LogP contribution in [0.25, 0.3) is 31.7 Å². The lowest BCUT2D eigenvalue weighted by molar-refractivity contribution is 0.0873. The third-order valence-electron chi connectivity index (χ3n) is 10.8. The molecule has 0 bridgehead atoms. The number of thiophene rings is 2. The second kappa shape index (κ2) is 13.3. The van der Waals surface area contributed by atoms with Gasteiger partial charge in [-0.1, -0.05) is 104 Å². The minimum Gasteiger partial charge on any atom is -0.268 e. The van der Waals surface area contributed by atoms with E-state index in [1.807, 2.05) is 71.4 Å². The van der Waals surface area contributed by atoms with Gasteiger partial charge in [-0.25, -0.2) is 9.80 Å². The van der Waals surface area contributed by atoms with Crippen molar-refractivity contribution in [3.8, 4) is 20.9 Å². The molecule has 2 aromatic heterocycles. The molecule has 0 spiro atoms. The Bertz CT molecular complexity index is 2310. The molecule has 4 amide bonds. The topological polar surface area (TPSA) is 74.8 Å². The Morgan fingerprint density at radius 1 is 0.426 bits per heavy atom. The maximum Gasteiger partial charge on any atom is 0.266 e. The zero-order valence-electron chi connectivity index (χ0n) is 31.7. The Labute approximate surface area is 324 Å². The summed E-state index contributed by atoms with van der Waals surface area (Å²) < 4.78 is 0. The molecule has 0 saturated carbocycles. The number of carbonyl (C=O) groups excluding carboxylic acids is 4. The summed E-state index contributed by atoms with van der Waals surface area (Å²) in [5.74, 6) is -1.73. The van der Waals surface area contributed by atoms with Gasteiger partial charge < -0.3 is 0 Å². The fourth-order valence-electron chi connectivity index (χ4n) is 8.26. The van der Waals surface area contributed by atoms with E-state index in [1.165, 1.54) is 32.5 Å². The zero-order chi connectivity index (χ0) is 38.3. The highest BCUT2D eigenvalue weighted by Gasteiger charge is 2.46. The van der Waals surface area contributed by atoms with Crippen LogP contribution in [0.3, 0.4) is 0 Å². The fourth-order valence-corrected chi connectivity index (χ4v) is 9.76. The Morgan fingerprint density at radius 2 is 0.759 bits per heavy atom. The molecule has 0 saturated heterocycles. The number of amides is 4. The van der Waals surface area contributed by atoms with Gasteiger partial charge in [0.05, 0.1) is 22.5 Å². The molecule has 4 aromatic carbocycles. The molecule has 6 aromatic rings. The minimum absolute atomic E-state index is 0.0279. The average Bonchev–Trinajstić information content (AvgIpc) is 3.88. The van der Waals surface area contributed by atoms with Crippen LogP contribution in [0.4, 0.5) is 11.4 Å². The van der Waals surface area contributed by atoms with E-state index in [0.717, 1.165) is 32.0 Å². The molecule has 8 rings (SSSR count). The second-order valence-electron chi connectivity index (χ2n) is 15.5. The molecular formula is C46H42N2O4S2. The maximum atomic E-state index is 15.3. The van der Waals surface area contributed by atoms with Crippen LogP contribution < -0.4 is 9.80 Å². The monoisotopic (exact) mass is 750 g/mol. The van der Waals surface area contributed by atoms with Crippen molar-refractivity contribution in [2.24, 2.45) is 0 Å². The summed E-state index contributed by atoms with van der Waals surface area (Å²) in [5, 5.41) is 4.62. The van der Waals surface area contributed by atoms with Crippen LogP contribution in [0.15, 0.2) is 83.6 Å². The van der Waals surface area contributed by atoms with E-state index in [0.29, 0.717) is 55.5 Å². The first-order valence-electron chi connectivity index (χ1n) is 18.6. The molecule has 0 N–H and O–H groups in total. The molecule has 8 heteroatoms. The van der Waals surface area contributed by atoms with Crippen LogP contribution >= 0.6 is 22.7 Å². The highest BCUT2D eigenvalue weighted by atomic mass is 32.1. The molecule has 2 aliphatic heterocycles. The van der Waals surface area contributed by atoms with Gasteiger partial charge in [-0.05, 0) is 81.0 Å². The summed E-state index contributed by atoms with van der Waals surface area (Å²) >= 11 is 2.94. The van der Waals surface area contributed by atoms with Crippen molar-refractivity contribution in [1.82, 2.24) is 0 Å². The zero-order valence-corrected chi connectivity index (χ0v) is 33.4. The number of para-hydroxylation sites is 2. The second-order valence-corrected chi connectivity index (χ2v) is 17.4. The molecule has 2 aliphatic rings. The van der Waals surface area contributed by atoms with Gasteiger partial charge in [-0.15, -0.1) is 22.7 Å². The van der Waals surface area contributed by atoms with Gasteiger partial charge in [0.1, 0.15) is 0 Å². The van der Waals surface area contributed by atoms with E-state index in [-0.39, 0.29) is 23.7 Å². The first kappa shape index (κ1) is 35.8. The summed E-state index contributed by atoms with van der Waals surface area (Å²) in [5.41, 5.74) is 7.24. The van der Waals surface area contributed by atoms with Crippen LogP contribution in [-0.4, -0.2) is 23.6 Å². The Hall–Kier alpha value is -5.18. The van der Waals surface area contributed by atoms with E-state index >= 15 is 19.2 Å². The lowest BCUT2D eigenvalue weighted by Crippen LogP contribution is -2.45. The van der Waals surface area contributed by atoms with Gasteiger partial charge in [0.2, 0.25) is 0 Å². The van der Waals surface area contributed by atoms with Crippen molar-refractivity contribution >= 4 is 68.4 Å². The lowest BCUT2D eigenvalue weighted by Gasteiger charge is -2.37. The molecular weight excluding hydrogens is 709 g/mol. The number of hydrogen-bond acceptors (Lipinski definition) is 6. The summed E-state index contributed by atoms with van der Waals surface area (Å²) in [4.78, 5) is 65.5. The average molecular weight is 751 g/mol. The van der Waals surface area contributed by atoms with Crippen molar-refractivity contribution in [3.05, 3.63) is 128 Å². The summed E-state index contributed by atoms with van der Waals surface area (Å²) in [6, 6.07) is 23.3. The van der Waals surface area contributed by atoms with Crippen LogP contribution in [-0.2, 0) is 0 Å². The quantitative estimate of drug-likeness (QED) is 0.145. The van der Waals surface area contributed by atoms with E-state index in [2.05, 4.69) is 55.4 Å². The number of anilines is 2. The number of nitrogens with zero attached hydrogens (tertiary/aromatic N) is 2. The van der Waals surface area contributed by atoms with Gasteiger partial charge in [0.25, 0.3) is 23.6 Å². The molecule has 0 unspecified atom stereocenters. The van der Waals surface area contributed by atoms with Crippen LogP contribution in [0, 0.1) is 0 Å². The smallest absolute Gasteiger partial charge is 0.266 e. The molecule has 272 valence electrons. The third-order valence-corrected chi connectivity index (χ3v) is 12.6. The predicted octanol–water partition coefficient (Wildman–Crippen LogP) is 12.4. The molecule has 4 heterocycles. The number of benzene rings is 4. The van der Waals surface area contributed by atoms with Gasteiger partial charge in [-0.2, -0.15) is 0 Å². The Balaban J connectivity index is 1.52. The van der Waals surface area contributed by atoms with Crippen molar-refractivity contribution < 1.29 is 19.2 Å². The van der Waals surface area contributed by atoms with Gasteiger partial charge in [-0.3, -0.25) is 19.2 Å². The third kappa shape index (κ3) is 5.25. The van der Waals surface area contributed by atoms with Crippen molar-refractivity contribution in [2.45, 2.75) is 79.1 Å². The van der Waals surface area contributed by atoms with Gasteiger partial charge >= 0.3 is 0 Å². The Kier molecular flexibility index (Phi) is 8.82. The number of imide groups is 2. The molecule has 0 radical (unpaired) electrons. The first-order chi connectivity index (χ1) is 25.8. The highest BCUT2D eigenvalue weighted by Crippen LogP contribution is 2.50. The molecule has 6 nitrogen and oxygen atoms in total. The van der Waals surface area contributed by atoms with Crippen molar-refractivity contribution in [3.63, 3.8) is 0 Å². The van der Waals surface area contributed by atoms with Gasteiger partial charge in [0, 0.05) is 42.8 Å². The molecule has 0 aliphatic carbocycles. The first-order valence-corrected chi connectivity index (χ1v) is 20.4.